The zero-order valence-electron chi connectivity index (χ0n) is 51.7. The Morgan fingerprint density at radius 3 is 2.25 bits per heavy atom. The largest absolute Gasteiger partial charge is 0.481 e. The summed E-state index contributed by atoms with van der Waals surface area (Å²) < 4.78 is 17.8. The maximum Gasteiger partial charge on any atom is 0.373 e. The molecule has 0 radical (unpaired) electrons. The van der Waals surface area contributed by atoms with E-state index in [9.17, 15) is 54.0 Å². The molecule has 2 saturated heterocycles. The molecule has 3 aliphatic rings. The number of piperidine rings is 1. The van der Waals surface area contributed by atoms with Gasteiger partial charge in [-0.1, -0.05) is 71.4 Å². The molecule has 5 amide bonds. The number of rotatable bonds is 31. The molecule has 486 valence electrons. The number of thiazole rings is 1. The first-order chi connectivity index (χ1) is 42.2. The number of carboxylic acids is 1. The molecule has 26 heteroatoms. The van der Waals surface area contributed by atoms with E-state index in [-0.39, 0.29) is 103 Å². The Kier molecular flexibility index (Phi) is 27.6. The zero-order chi connectivity index (χ0) is 65.9. The summed E-state index contributed by atoms with van der Waals surface area (Å²) in [5, 5.41) is 48.5. The number of carbonyl (C=O) groups is 9. The van der Waals surface area contributed by atoms with Crippen molar-refractivity contribution in [2.45, 2.75) is 167 Å². The van der Waals surface area contributed by atoms with E-state index < -0.39 is 102 Å². The number of nitrogens with one attached hydrogen (secondary N) is 2. The number of aliphatic hydroxyl groups is 3. The summed E-state index contributed by atoms with van der Waals surface area (Å²) in [5.74, 6) is -6.55. The molecule has 2 aromatic carbocycles. The van der Waals surface area contributed by atoms with E-state index in [1.807, 2.05) is 65.1 Å². The van der Waals surface area contributed by atoms with Crippen molar-refractivity contribution in [2.24, 2.45) is 29.4 Å². The maximum atomic E-state index is 15.0. The Balaban J connectivity index is 0.00000471. The molecule has 3 unspecified atom stereocenters. The first-order valence-electron chi connectivity index (χ1n) is 30.0. The van der Waals surface area contributed by atoms with Crippen molar-refractivity contribution in [3.8, 4) is 5.75 Å². The van der Waals surface area contributed by atoms with E-state index in [1.165, 1.54) is 6.92 Å². The number of hydrogen-bond acceptors (Lipinski definition) is 20. The van der Waals surface area contributed by atoms with Gasteiger partial charge in [0, 0.05) is 106 Å². The number of esters is 1. The van der Waals surface area contributed by atoms with Gasteiger partial charge in [-0.3, -0.25) is 48.1 Å². The number of likely N-dealkylation sites (N-methyl/N-ethyl adjacent to an activating group) is 1. The van der Waals surface area contributed by atoms with Crippen LogP contribution in [0.4, 0.5) is 0 Å². The minimum atomic E-state index is -1.64. The number of amides is 5. The minimum absolute atomic E-state index is 0.0444. The number of likely N-dealkylation sites (tertiary alicyclic amines) is 1. The highest BCUT2D eigenvalue weighted by molar-refractivity contribution is 7.09. The smallest absolute Gasteiger partial charge is 0.373 e. The number of hydrogen-bond donors (Lipinski definition) is 7. The van der Waals surface area contributed by atoms with Crippen molar-refractivity contribution in [2.75, 3.05) is 40.3 Å². The molecule has 0 spiro atoms. The van der Waals surface area contributed by atoms with Crippen LogP contribution in [-0.2, 0) is 76.8 Å². The molecule has 6 rings (SSSR count). The number of aliphatic carboxylic acids is 1. The van der Waals surface area contributed by atoms with Crippen LogP contribution in [-0.4, -0.2) is 188 Å². The van der Waals surface area contributed by atoms with Crippen molar-refractivity contribution >= 4 is 70.5 Å². The van der Waals surface area contributed by atoms with Crippen molar-refractivity contribution < 1.29 is 91.9 Å². The molecular formula is C63H86N7O18S+. The Morgan fingerprint density at radius 1 is 0.955 bits per heavy atom. The monoisotopic (exact) mass is 1260 g/mol. The average Bonchev–Trinajstić information content (AvgIpc) is 3.06. The highest BCUT2D eigenvalue weighted by Gasteiger charge is 2.45. The molecule has 3 aromatic rings. The Bertz CT molecular complexity index is 3010. The molecule has 3 aliphatic heterocycles. The zero-order valence-corrected chi connectivity index (χ0v) is 52.6. The second-order valence-corrected chi connectivity index (χ2v) is 24.7. The van der Waals surface area contributed by atoms with Gasteiger partial charge in [0.15, 0.2) is 11.9 Å². The van der Waals surface area contributed by atoms with Crippen LogP contribution >= 0.6 is 11.3 Å². The van der Waals surface area contributed by atoms with Gasteiger partial charge in [-0.05, 0) is 61.3 Å². The molecule has 13 atom stereocenters. The molecule has 1 aromatic heterocycles. The second-order valence-electron chi connectivity index (χ2n) is 23.8. The van der Waals surface area contributed by atoms with Gasteiger partial charge in [0.05, 0.1) is 26.1 Å². The fraction of sp³-hybridized carbons (Fsp3) is 0.571. The van der Waals surface area contributed by atoms with Gasteiger partial charge in [0.1, 0.15) is 59.2 Å². The van der Waals surface area contributed by atoms with Crippen molar-refractivity contribution in [1.82, 2.24) is 25.4 Å². The SMILES string of the molecule is CC[C@H](C)[C@H](CC(=O)[C@H]1CCCC[N+]1(C)Cc1ccc(OC2OCC(O)[C@H](O)[C@@H]2O)c(CC(=O)CCNC(=O)[C@H](CN)N2C(=O)C=CC2=O)c1)C(=O)N(C)[C@H](C[C@@H](OC(C)=O)c1nc(C(=O)N[C@@H](Cc2ccccc2)C[C@H](C)C(=O)O)cs1)C(C)C.O=C=O. The van der Waals surface area contributed by atoms with Gasteiger partial charge in [0.25, 0.3) is 17.7 Å². The highest BCUT2D eigenvalue weighted by atomic mass is 32.1. The van der Waals surface area contributed by atoms with E-state index in [1.54, 1.807) is 42.5 Å². The highest BCUT2D eigenvalue weighted by Crippen LogP contribution is 2.36. The molecule has 0 bridgehead atoms. The van der Waals surface area contributed by atoms with Crippen LogP contribution in [0.2, 0.25) is 0 Å². The minimum Gasteiger partial charge on any atom is -0.481 e. The predicted octanol–water partition coefficient (Wildman–Crippen LogP) is 3.00. The van der Waals surface area contributed by atoms with Gasteiger partial charge in [-0.25, -0.2) is 4.98 Å². The molecule has 4 heterocycles. The van der Waals surface area contributed by atoms with E-state index >= 15 is 9.59 Å². The van der Waals surface area contributed by atoms with Gasteiger partial charge in [0.2, 0.25) is 18.1 Å². The molecule has 2 fully saturated rings. The van der Waals surface area contributed by atoms with E-state index in [4.69, 9.17) is 29.5 Å². The molecule has 89 heavy (non-hydrogen) atoms. The number of Topliss-reactive ketones (excluding diaryl/α,β-unsaturated/α-hetero) is 2. The third kappa shape index (κ3) is 20.0. The molecule has 8 N–H and O–H groups in total. The van der Waals surface area contributed by atoms with Crippen LogP contribution in [0.15, 0.2) is 66.1 Å². The quantitative estimate of drug-likeness (QED) is 0.0276. The predicted molar refractivity (Wildman–Crippen MR) is 320 cm³/mol. The number of nitrogens with two attached hydrogens (primary N) is 1. The van der Waals surface area contributed by atoms with Crippen LogP contribution in [0.5, 0.6) is 5.75 Å². The van der Waals surface area contributed by atoms with Crippen molar-refractivity contribution in [3.63, 3.8) is 0 Å². The lowest BCUT2D eigenvalue weighted by atomic mass is 9.82. The summed E-state index contributed by atoms with van der Waals surface area (Å²) in [6, 6.07) is 11.7. The van der Waals surface area contributed by atoms with Gasteiger partial charge in [-0.2, -0.15) is 9.59 Å². The molecule has 25 nitrogen and oxygen atoms in total. The molecular weight excluding hydrogens is 1170 g/mol. The van der Waals surface area contributed by atoms with Crippen LogP contribution in [0.3, 0.4) is 0 Å². The Labute approximate surface area is 521 Å². The van der Waals surface area contributed by atoms with Crippen LogP contribution in [0, 0.1) is 23.7 Å². The average molecular weight is 1260 g/mol. The van der Waals surface area contributed by atoms with Crippen LogP contribution < -0.4 is 21.1 Å². The van der Waals surface area contributed by atoms with Crippen molar-refractivity contribution in [3.05, 3.63) is 93.5 Å². The number of imide groups is 1. The van der Waals surface area contributed by atoms with Crippen molar-refractivity contribution in [1.29, 1.82) is 0 Å². The number of quaternary nitrogens is 1. The lowest BCUT2D eigenvalue weighted by Gasteiger charge is -2.45. The topological polar surface area (TPSA) is 366 Å². The van der Waals surface area contributed by atoms with Crippen LogP contribution in [0.25, 0.3) is 0 Å². The lowest BCUT2D eigenvalue weighted by Crippen LogP contribution is -2.58. The number of carboxylic acid groups (broad SMARTS) is 1. The summed E-state index contributed by atoms with van der Waals surface area (Å²) in [7, 11) is 3.69. The van der Waals surface area contributed by atoms with E-state index in [0.717, 1.165) is 52.4 Å². The molecule has 0 aliphatic carbocycles. The van der Waals surface area contributed by atoms with Gasteiger partial charge >= 0.3 is 18.1 Å². The number of aliphatic hydroxyl groups excluding tert-OH is 3. The third-order valence-corrected chi connectivity index (χ3v) is 17.8. The molecule has 0 saturated carbocycles. The maximum absolute atomic E-state index is 15.0. The van der Waals surface area contributed by atoms with Crippen LogP contribution in [0.1, 0.15) is 131 Å². The fourth-order valence-corrected chi connectivity index (χ4v) is 12.5. The van der Waals surface area contributed by atoms with Gasteiger partial charge < -0.3 is 60.4 Å². The normalized spacial score (nSPS) is 22.2. The van der Waals surface area contributed by atoms with E-state index in [2.05, 4.69) is 15.6 Å². The Morgan fingerprint density at radius 2 is 1.63 bits per heavy atom. The fourth-order valence-electron chi connectivity index (χ4n) is 11.7. The summed E-state index contributed by atoms with van der Waals surface area (Å²) >= 11 is 1.13. The number of carbonyl (C=O) groups excluding carboxylic acids is 10. The number of nitrogens with zero attached hydrogens (tertiary/aromatic N) is 4. The first-order valence-corrected chi connectivity index (χ1v) is 30.9. The van der Waals surface area contributed by atoms with Gasteiger partial charge in [-0.15, -0.1) is 11.3 Å². The number of aromatic nitrogens is 1. The standard InChI is InChI=1S/C62H85N7O16S.CO2/c1-9-36(4)44(60(80)67(7)46(35(2)3)30-52(84-38(6)70)59-66-45(34-86-59)57(78)65-42(25-37(5)61(81)82)27-39-15-11-10-12-16-39)29-49(72)48-17-13-14-24-69(48,8)32-40-18-19-51(85-62-56(77)55(76)50(73)33-83-62)41(26-40)28-43(71)22-23-64-58(79)47(31-63)68-53(74)20-21-54(68)75;2-1-3/h10-12,15-16,18-21,26,34-37,42,44,46-48,50,52,55-56,62,73,76-77H,9,13-14,17,22-25,27-33,63H2,1-8H3,(H2-,64,65,78,79,81,82);/p+1/t36-,37-,42+,44-,46+,47-,48+,50?,52+,55-,56-,62?,69?;/m0./s1. The Hall–Kier alpha value is -7.42. The summed E-state index contributed by atoms with van der Waals surface area (Å²) in [5.41, 5.74) is 7.86. The number of ether oxygens (including phenoxy) is 3. The third-order valence-electron chi connectivity index (χ3n) is 16.9. The first kappa shape index (κ1) is 72.3. The van der Waals surface area contributed by atoms with E-state index in [0.29, 0.717) is 42.9 Å². The summed E-state index contributed by atoms with van der Waals surface area (Å²) in [4.78, 5) is 143. The second kappa shape index (κ2) is 34.0. The summed E-state index contributed by atoms with van der Waals surface area (Å²) in [6.45, 7) is 10.8. The number of ketones is 2. The summed E-state index contributed by atoms with van der Waals surface area (Å²) in [6.07, 6.45) is -1.63. The number of benzene rings is 2. The lowest BCUT2D eigenvalue weighted by molar-refractivity contribution is -0.941.